The standard InChI is InChI=1S/C23H20ClFN4O4S/c24-16-5-3-6-17(25)20(16)23(31)28-10-8-14(9-11-28)22-27-18(13-34-22)21(30)26-12-15-4-1-2-7-19(15)29(32)33/h1-7,13-14H,8-12H2,(H,26,30). The first-order valence-corrected chi connectivity index (χ1v) is 11.8. The zero-order valence-corrected chi connectivity index (χ0v) is 19.4. The highest BCUT2D eigenvalue weighted by molar-refractivity contribution is 7.09. The number of nitrogens with zero attached hydrogens (tertiary/aromatic N) is 3. The van der Waals surface area contributed by atoms with Crippen molar-refractivity contribution in [2.45, 2.75) is 25.3 Å². The third-order valence-corrected chi connectivity index (χ3v) is 7.01. The lowest BCUT2D eigenvalue weighted by Gasteiger charge is -2.31. The highest BCUT2D eigenvalue weighted by Gasteiger charge is 2.29. The van der Waals surface area contributed by atoms with Crippen molar-refractivity contribution in [1.82, 2.24) is 15.2 Å². The van der Waals surface area contributed by atoms with Gasteiger partial charge < -0.3 is 10.2 Å². The SMILES string of the molecule is O=C(NCc1ccccc1[N+](=O)[O-])c1csc(C2CCN(C(=O)c3c(F)cccc3Cl)CC2)n1. The highest BCUT2D eigenvalue weighted by atomic mass is 35.5. The molecule has 1 aromatic heterocycles. The number of piperidine rings is 1. The summed E-state index contributed by atoms with van der Waals surface area (Å²) in [5, 5.41) is 16.3. The predicted octanol–water partition coefficient (Wildman–Crippen LogP) is 4.79. The maximum Gasteiger partial charge on any atom is 0.274 e. The van der Waals surface area contributed by atoms with Gasteiger partial charge >= 0.3 is 0 Å². The number of thiazole rings is 1. The molecule has 1 saturated heterocycles. The molecule has 34 heavy (non-hydrogen) atoms. The van der Waals surface area contributed by atoms with Crippen LogP contribution in [0.4, 0.5) is 10.1 Å². The minimum Gasteiger partial charge on any atom is -0.346 e. The van der Waals surface area contributed by atoms with Gasteiger partial charge in [0.05, 0.1) is 20.5 Å². The number of carbonyl (C=O) groups excluding carboxylic acids is 2. The lowest BCUT2D eigenvalue weighted by molar-refractivity contribution is -0.385. The van der Waals surface area contributed by atoms with Crippen LogP contribution in [0.5, 0.6) is 0 Å². The number of hydrogen-bond acceptors (Lipinski definition) is 6. The fourth-order valence-corrected chi connectivity index (χ4v) is 5.09. The summed E-state index contributed by atoms with van der Waals surface area (Å²) < 4.78 is 14.1. The number of aromatic nitrogens is 1. The zero-order valence-electron chi connectivity index (χ0n) is 17.9. The second kappa shape index (κ2) is 10.3. The third kappa shape index (κ3) is 5.07. The van der Waals surface area contributed by atoms with Gasteiger partial charge in [0.15, 0.2) is 0 Å². The van der Waals surface area contributed by atoms with Gasteiger partial charge in [0.25, 0.3) is 17.5 Å². The Labute approximate surface area is 203 Å². The Morgan fingerprint density at radius 1 is 1.21 bits per heavy atom. The minimum absolute atomic E-state index is 0.0158. The van der Waals surface area contributed by atoms with Crippen LogP contribution in [0.2, 0.25) is 5.02 Å². The van der Waals surface area contributed by atoms with Crippen molar-refractivity contribution in [2.24, 2.45) is 0 Å². The summed E-state index contributed by atoms with van der Waals surface area (Å²) in [7, 11) is 0. The summed E-state index contributed by atoms with van der Waals surface area (Å²) >= 11 is 7.38. The molecule has 0 atom stereocenters. The summed E-state index contributed by atoms with van der Waals surface area (Å²) in [6.07, 6.45) is 1.26. The van der Waals surface area contributed by atoms with Crippen LogP contribution in [0.1, 0.15) is 50.2 Å². The van der Waals surface area contributed by atoms with Crippen LogP contribution in [0.15, 0.2) is 47.8 Å². The van der Waals surface area contributed by atoms with Gasteiger partial charge in [0.2, 0.25) is 0 Å². The molecule has 3 aromatic rings. The lowest BCUT2D eigenvalue weighted by Crippen LogP contribution is -2.38. The number of nitro groups is 1. The molecule has 2 amide bonds. The van der Waals surface area contributed by atoms with Gasteiger partial charge in [-0.2, -0.15) is 0 Å². The first kappa shape index (κ1) is 23.8. The first-order valence-electron chi connectivity index (χ1n) is 10.5. The fourth-order valence-electron chi connectivity index (χ4n) is 3.87. The van der Waals surface area contributed by atoms with E-state index in [1.807, 2.05) is 0 Å². The van der Waals surface area contributed by atoms with Gasteiger partial charge in [-0.25, -0.2) is 9.37 Å². The topological polar surface area (TPSA) is 105 Å². The molecule has 4 rings (SSSR count). The summed E-state index contributed by atoms with van der Waals surface area (Å²) in [5.74, 6) is -1.42. The third-order valence-electron chi connectivity index (χ3n) is 5.69. The van der Waals surface area contributed by atoms with E-state index < -0.39 is 22.6 Å². The quantitative estimate of drug-likeness (QED) is 0.385. The number of nitrogens with one attached hydrogen (secondary N) is 1. The molecular weight excluding hydrogens is 483 g/mol. The van der Waals surface area contributed by atoms with Crippen molar-refractivity contribution < 1.29 is 18.9 Å². The van der Waals surface area contributed by atoms with Gasteiger partial charge in [-0.1, -0.05) is 35.9 Å². The van der Waals surface area contributed by atoms with Crippen molar-refractivity contribution in [2.75, 3.05) is 13.1 Å². The van der Waals surface area contributed by atoms with E-state index >= 15 is 0 Å². The molecule has 1 aliphatic heterocycles. The number of rotatable bonds is 6. The molecule has 0 aliphatic carbocycles. The molecule has 176 valence electrons. The zero-order chi connectivity index (χ0) is 24.2. The van der Waals surface area contributed by atoms with E-state index in [9.17, 15) is 24.1 Å². The molecule has 0 unspecified atom stereocenters. The highest BCUT2D eigenvalue weighted by Crippen LogP contribution is 2.32. The normalized spacial score (nSPS) is 14.1. The van der Waals surface area contributed by atoms with E-state index in [2.05, 4.69) is 10.3 Å². The summed E-state index contributed by atoms with van der Waals surface area (Å²) in [6, 6.07) is 10.4. The van der Waals surface area contributed by atoms with Crippen molar-refractivity contribution >= 4 is 40.4 Å². The number of nitro benzene ring substituents is 1. The van der Waals surface area contributed by atoms with Crippen LogP contribution in [0.3, 0.4) is 0 Å². The van der Waals surface area contributed by atoms with Crippen LogP contribution in [-0.2, 0) is 6.54 Å². The molecule has 2 aromatic carbocycles. The van der Waals surface area contributed by atoms with Crippen LogP contribution in [0, 0.1) is 15.9 Å². The number of likely N-dealkylation sites (tertiary alicyclic amines) is 1. The van der Waals surface area contributed by atoms with Gasteiger partial charge in [0, 0.05) is 42.6 Å². The Morgan fingerprint density at radius 2 is 1.94 bits per heavy atom. The van der Waals surface area contributed by atoms with Gasteiger partial charge in [-0.15, -0.1) is 11.3 Å². The average molecular weight is 503 g/mol. The Bertz CT molecular complexity index is 1220. The summed E-state index contributed by atoms with van der Waals surface area (Å²) in [5.41, 5.74) is 0.479. The van der Waals surface area contributed by atoms with E-state index in [-0.39, 0.29) is 34.4 Å². The van der Waals surface area contributed by atoms with Crippen LogP contribution in [-0.4, -0.2) is 39.7 Å². The Kier molecular flexibility index (Phi) is 7.18. The van der Waals surface area contributed by atoms with E-state index in [1.165, 1.54) is 35.6 Å². The monoisotopic (exact) mass is 502 g/mol. The maximum atomic E-state index is 14.1. The number of halogens is 2. The number of carbonyl (C=O) groups is 2. The van der Waals surface area contributed by atoms with E-state index in [1.54, 1.807) is 28.5 Å². The Balaban J connectivity index is 1.35. The van der Waals surface area contributed by atoms with Gasteiger partial charge in [-0.05, 0) is 25.0 Å². The second-order valence-corrected chi connectivity index (χ2v) is 9.10. The van der Waals surface area contributed by atoms with E-state index in [0.717, 1.165) is 5.01 Å². The molecule has 0 radical (unpaired) electrons. The Morgan fingerprint density at radius 3 is 2.65 bits per heavy atom. The molecule has 1 fully saturated rings. The van der Waals surface area contributed by atoms with E-state index in [4.69, 9.17) is 11.6 Å². The fraction of sp³-hybridized carbons (Fsp3) is 0.261. The summed E-state index contributed by atoms with van der Waals surface area (Å²) in [6.45, 7) is 0.863. The molecule has 2 heterocycles. The molecule has 8 nitrogen and oxygen atoms in total. The number of hydrogen-bond donors (Lipinski definition) is 1. The van der Waals surface area contributed by atoms with Crippen molar-refractivity contribution in [1.29, 1.82) is 0 Å². The lowest BCUT2D eigenvalue weighted by atomic mass is 9.97. The molecular formula is C23H20ClFN4O4S. The number of amides is 2. The van der Waals surface area contributed by atoms with Crippen LogP contribution < -0.4 is 5.32 Å². The van der Waals surface area contributed by atoms with Gasteiger partial charge in [-0.3, -0.25) is 19.7 Å². The maximum absolute atomic E-state index is 14.1. The smallest absolute Gasteiger partial charge is 0.274 e. The molecule has 1 N–H and O–H groups in total. The molecule has 1 aliphatic rings. The molecule has 0 spiro atoms. The van der Waals surface area contributed by atoms with Crippen molar-refractivity contribution in [3.05, 3.63) is 90.6 Å². The number of benzene rings is 2. The van der Waals surface area contributed by atoms with Crippen LogP contribution in [0.25, 0.3) is 0 Å². The van der Waals surface area contributed by atoms with Crippen molar-refractivity contribution in [3.8, 4) is 0 Å². The van der Waals surface area contributed by atoms with Crippen molar-refractivity contribution in [3.63, 3.8) is 0 Å². The molecule has 11 heteroatoms. The average Bonchev–Trinajstić information content (AvgIpc) is 3.33. The van der Waals surface area contributed by atoms with E-state index in [0.29, 0.717) is 31.5 Å². The first-order chi connectivity index (χ1) is 16.3. The predicted molar refractivity (Wildman–Crippen MR) is 126 cm³/mol. The minimum atomic E-state index is -0.643. The largest absolute Gasteiger partial charge is 0.346 e. The van der Waals surface area contributed by atoms with Crippen LogP contribution >= 0.6 is 22.9 Å². The number of para-hydroxylation sites is 1. The van der Waals surface area contributed by atoms with Gasteiger partial charge in [0.1, 0.15) is 11.5 Å². The second-order valence-electron chi connectivity index (χ2n) is 7.80. The molecule has 0 saturated carbocycles. The summed E-state index contributed by atoms with van der Waals surface area (Å²) in [4.78, 5) is 41.9. The molecule has 0 bridgehead atoms. The Hall–Kier alpha value is -3.37.